The standard InChI is InChI=1S/C9H9N3O2S/c10-12-15(13,14)9-5-1-4-8-7(9)3-2-6-11-8/h1-6,12H,10H2. The van der Waals surface area contributed by atoms with Gasteiger partial charge in [0, 0.05) is 11.6 Å². The van der Waals surface area contributed by atoms with Crippen molar-refractivity contribution in [1.29, 1.82) is 0 Å². The van der Waals surface area contributed by atoms with Crippen LogP contribution in [0.2, 0.25) is 0 Å². The summed E-state index contributed by atoms with van der Waals surface area (Å²) in [5, 5.41) is 0.554. The summed E-state index contributed by atoms with van der Waals surface area (Å²) < 4.78 is 23.1. The predicted molar refractivity (Wildman–Crippen MR) is 56.3 cm³/mol. The SMILES string of the molecule is NNS(=O)(=O)c1cccc2ncccc12. The number of hydrogen-bond donors (Lipinski definition) is 2. The smallest absolute Gasteiger partial charge is 0.253 e. The van der Waals surface area contributed by atoms with Gasteiger partial charge in [-0.2, -0.15) is 4.83 Å². The largest absolute Gasteiger partial charge is 0.257 e. The molecule has 2 rings (SSSR count). The maximum Gasteiger partial charge on any atom is 0.253 e. The molecule has 6 heteroatoms. The molecule has 1 aromatic heterocycles. The van der Waals surface area contributed by atoms with E-state index in [0.29, 0.717) is 10.9 Å². The van der Waals surface area contributed by atoms with Gasteiger partial charge in [-0.05, 0) is 24.3 Å². The Morgan fingerprint density at radius 3 is 2.73 bits per heavy atom. The monoisotopic (exact) mass is 223 g/mol. The zero-order chi connectivity index (χ0) is 10.9. The Morgan fingerprint density at radius 1 is 1.20 bits per heavy atom. The summed E-state index contributed by atoms with van der Waals surface area (Å²) in [5.41, 5.74) is 0.619. The molecule has 0 radical (unpaired) electrons. The van der Waals surface area contributed by atoms with Crippen LogP contribution < -0.4 is 10.7 Å². The third-order valence-corrected chi connectivity index (χ3v) is 3.30. The first kappa shape index (κ1) is 10.0. The Morgan fingerprint density at radius 2 is 2.00 bits per heavy atom. The fourth-order valence-corrected chi connectivity index (χ4v) is 2.22. The maximum absolute atomic E-state index is 11.6. The van der Waals surface area contributed by atoms with Crippen LogP contribution >= 0.6 is 0 Å². The highest BCUT2D eigenvalue weighted by molar-refractivity contribution is 7.89. The van der Waals surface area contributed by atoms with Crippen molar-refractivity contribution in [3.8, 4) is 0 Å². The fourth-order valence-electron chi connectivity index (χ4n) is 1.37. The first-order valence-corrected chi connectivity index (χ1v) is 5.69. The number of aromatic nitrogens is 1. The van der Waals surface area contributed by atoms with Gasteiger partial charge in [0.05, 0.1) is 10.4 Å². The maximum atomic E-state index is 11.6. The average Bonchev–Trinajstić information content (AvgIpc) is 2.28. The number of nitrogens with one attached hydrogen (secondary N) is 1. The molecule has 3 N–H and O–H groups in total. The Kier molecular flexibility index (Phi) is 2.39. The van der Waals surface area contributed by atoms with E-state index in [1.165, 1.54) is 6.07 Å². The molecule has 5 nitrogen and oxygen atoms in total. The van der Waals surface area contributed by atoms with Gasteiger partial charge in [-0.25, -0.2) is 8.42 Å². The Hall–Kier alpha value is -1.50. The lowest BCUT2D eigenvalue weighted by atomic mass is 10.2. The van der Waals surface area contributed by atoms with Gasteiger partial charge < -0.3 is 0 Å². The van der Waals surface area contributed by atoms with Crippen molar-refractivity contribution in [2.24, 2.45) is 5.84 Å². The van der Waals surface area contributed by atoms with Crippen LogP contribution in [-0.4, -0.2) is 13.4 Å². The van der Waals surface area contributed by atoms with Crippen LogP contribution in [0, 0.1) is 0 Å². The third kappa shape index (κ3) is 1.70. The molecular formula is C9H9N3O2S. The molecule has 1 aromatic carbocycles. The van der Waals surface area contributed by atoms with Gasteiger partial charge in [0.25, 0.3) is 10.0 Å². The second-order valence-corrected chi connectivity index (χ2v) is 4.63. The molecule has 0 saturated heterocycles. The summed E-state index contributed by atoms with van der Waals surface area (Å²) in [5.74, 6) is 4.97. The Bertz CT molecular complexity index is 590. The van der Waals surface area contributed by atoms with Crippen LogP contribution in [0.5, 0.6) is 0 Å². The van der Waals surface area contributed by atoms with E-state index >= 15 is 0 Å². The Balaban J connectivity index is 2.83. The van der Waals surface area contributed by atoms with Gasteiger partial charge in [0.1, 0.15) is 0 Å². The topological polar surface area (TPSA) is 85.1 Å². The van der Waals surface area contributed by atoms with E-state index in [0.717, 1.165) is 0 Å². The molecule has 1 heterocycles. The zero-order valence-corrected chi connectivity index (χ0v) is 8.53. The van der Waals surface area contributed by atoms with Crippen molar-refractivity contribution < 1.29 is 8.42 Å². The van der Waals surface area contributed by atoms with Gasteiger partial charge in [-0.15, -0.1) is 0 Å². The van der Waals surface area contributed by atoms with E-state index in [9.17, 15) is 8.42 Å². The van der Waals surface area contributed by atoms with Crippen LogP contribution in [0.1, 0.15) is 0 Å². The first-order chi connectivity index (χ1) is 7.15. The zero-order valence-electron chi connectivity index (χ0n) is 7.71. The van der Waals surface area contributed by atoms with Crippen LogP contribution in [0.3, 0.4) is 0 Å². The highest BCUT2D eigenvalue weighted by Gasteiger charge is 2.14. The number of nitrogens with two attached hydrogens (primary N) is 1. The van der Waals surface area contributed by atoms with E-state index in [-0.39, 0.29) is 4.90 Å². The highest BCUT2D eigenvalue weighted by Crippen LogP contribution is 2.20. The van der Waals surface area contributed by atoms with Gasteiger partial charge in [-0.1, -0.05) is 6.07 Å². The lowest BCUT2D eigenvalue weighted by Gasteiger charge is -2.05. The quantitative estimate of drug-likeness (QED) is 0.569. The molecule has 78 valence electrons. The number of rotatable bonds is 2. The summed E-state index contributed by atoms with van der Waals surface area (Å²) >= 11 is 0. The molecular weight excluding hydrogens is 214 g/mol. The second-order valence-electron chi connectivity index (χ2n) is 2.95. The summed E-state index contributed by atoms with van der Waals surface area (Å²) in [6.45, 7) is 0. The lowest BCUT2D eigenvalue weighted by molar-refractivity contribution is 0.585. The minimum Gasteiger partial charge on any atom is -0.257 e. The Labute approximate surface area is 87.0 Å². The van der Waals surface area contributed by atoms with E-state index < -0.39 is 10.0 Å². The minimum absolute atomic E-state index is 0.135. The molecule has 15 heavy (non-hydrogen) atoms. The van der Waals surface area contributed by atoms with Crippen molar-refractivity contribution in [3.05, 3.63) is 36.5 Å². The van der Waals surface area contributed by atoms with Crippen LogP contribution in [0.4, 0.5) is 0 Å². The van der Waals surface area contributed by atoms with Crippen molar-refractivity contribution in [3.63, 3.8) is 0 Å². The third-order valence-electron chi connectivity index (χ3n) is 2.05. The fraction of sp³-hybridized carbons (Fsp3) is 0. The summed E-state index contributed by atoms with van der Waals surface area (Å²) in [7, 11) is -3.64. The number of benzene rings is 1. The van der Waals surface area contributed by atoms with E-state index in [1.807, 2.05) is 0 Å². The molecule has 0 aliphatic carbocycles. The van der Waals surface area contributed by atoms with Crippen molar-refractivity contribution >= 4 is 20.9 Å². The normalized spacial score (nSPS) is 11.8. The van der Waals surface area contributed by atoms with Gasteiger partial charge in [-0.3, -0.25) is 10.8 Å². The van der Waals surface area contributed by atoms with Crippen LogP contribution in [0.25, 0.3) is 10.9 Å². The number of sulfonamides is 1. The molecule has 0 amide bonds. The number of fused-ring (bicyclic) bond motifs is 1. The molecule has 0 aliphatic heterocycles. The molecule has 0 saturated carbocycles. The van der Waals surface area contributed by atoms with Crippen LogP contribution in [0.15, 0.2) is 41.4 Å². The van der Waals surface area contributed by atoms with Crippen molar-refractivity contribution in [2.45, 2.75) is 4.90 Å². The number of hydrazine groups is 1. The number of pyridine rings is 1. The summed E-state index contributed by atoms with van der Waals surface area (Å²) in [4.78, 5) is 5.99. The highest BCUT2D eigenvalue weighted by atomic mass is 32.2. The van der Waals surface area contributed by atoms with Crippen molar-refractivity contribution in [1.82, 2.24) is 9.82 Å². The van der Waals surface area contributed by atoms with Gasteiger partial charge in [0.2, 0.25) is 0 Å². The number of nitrogens with zero attached hydrogens (tertiary/aromatic N) is 1. The molecule has 2 aromatic rings. The summed E-state index contributed by atoms with van der Waals surface area (Å²) in [6, 6.07) is 8.22. The molecule has 0 atom stereocenters. The molecule has 0 unspecified atom stereocenters. The van der Waals surface area contributed by atoms with E-state index in [4.69, 9.17) is 5.84 Å². The second kappa shape index (κ2) is 3.58. The predicted octanol–water partition coefficient (Wildman–Crippen LogP) is 0.387. The van der Waals surface area contributed by atoms with Crippen LogP contribution in [-0.2, 0) is 10.0 Å². The van der Waals surface area contributed by atoms with Gasteiger partial charge in [0.15, 0.2) is 0 Å². The lowest BCUT2D eigenvalue weighted by Crippen LogP contribution is -2.30. The minimum atomic E-state index is -3.64. The van der Waals surface area contributed by atoms with Gasteiger partial charge >= 0.3 is 0 Å². The molecule has 0 fully saturated rings. The van der Waals surface area contributed by atoms with E-state index in [2.05, 4.69) is 4.98 Å². The summed E-state index contributed by atoms with van der Waals surface area (Å²) in [6.07, 6.45) is 1.61. The molecule has 0 aliphatic rings. The van der Waals surface area contributed by atoms with Crippen molar-refractivity contribution in [2.75, 3.05) is 0 Å². The number of hydrogen-bond acceptors (Lipinski definition) is 4. The molecule has 0 bridgehead atoms. The van der Waals surface area contributed by atoms with E-state index in [1.54, 1.807) is 35.3 Å². The molecule has 0 spiro atoms. The average molecular weight is 223 g/mol. The first-order valence-electron chi connectivity index (χ1n) is 4.21.